The predicted molar refractivity (Wildman–Crippen MR) is 135 cm³/mol. The second kappa shape index (κ2) is 10.3. The van der Waals surface area contributed by atoms with Gasteiger partial charge < -0.3 is 10.2 Å². The quantitative estimate of drug-likeness (QED) is 0.407. The summed E-state index contributed by atoms with van der Waals surface area (Å²) in [5.74, 6) is 1.12. The number of non-ortho nitro benzene ring substituents is 1. The van der Waals surface area contributed by atoms with Gasteiger partial charge in [-0.15, -0.1) is 0 Å². The van der Waals surface area contributed by atoms with Crippen LogP contribution in [0.25, 0.3) is 5.69 Å². The Hall–Kier alpha value is -3.72. The van der Waals surface area contributed by atoms with Gasteiger partial charge in [-0.05, 0) is 37.1 Å². The van der Waals surface area contributed by atoms with Crippen LogP contribution in [0.5, 0.6) is 0 Å². The fourth-order valence-corrected chi connectivity index (χ4v) is 5.01. The third-order valence-electron chi connectivity index (χ3n) is 6.94. The molecule has 1 saturated heterocycles. The highest BCUT2D eigenvalue weighted by atomic mass is 16.6. The molecule has 3 aromatic rings. The van der Waals surface area contributed by atoms with Crippen molar-refractivity contribution in [2.24, 2.45) is 0 Å². The van der Waals surface area contributed by atoms with E-state index in [-0.39, 0.29) is 16.5 Å². The normalized spacial score (nSPS) is 17.0. The summed E-state index contributed by atoms with van der Waals surface area (Å²) in [6, 6.07) is 18.6. The molecule has 0 spiro atoms. The van der Waals surface area contributed by atoms with E-state index >= 15 is 0 Å². The fraction of sp³-hybridized carbons (Fsp3) is 0.385. The van der Waals surface area contributed by atoms with E-state index in [4.69, 9.17) is 5.10 Å². The number of piperazine rings is 1. The van der Waals surface area contributed by atoms with E-state index in [1.165, 1.54) is 25.0 Å². The minimum absolute atomic E-state index is 0.0520. The first-order valence-electron chi connectivity index (χ1n) is 12.2. The minimum Gasteiger partial charge on any atom is -0.369 e. The summed E-state index contributed by atoms with van der Waals surface area (Å²) >= 11 is 0. The molecule has 1 N–H and O–H groups in total. The molecular weight excluding hydrogens is 444 g/mol. The lowest BCUT2D eigenvalue weighted by molar-refractivity contribution is -0.384. The van der Waals surface area contributed by atoms with Gasteiger partial charge in [0.2, 0.25) is 5.91 Å². The zero-order valence-electron chi connectivity index (χ0n) is 19.7. The van der Waals surface area contributed by atoms with Crippen LogP contribution < -0.4 is 10.2 Å². The lowest BCUT2D eigenvalue weighted by Gasteiger charge is -2.35. The Morgan fingerprint density at radius 3 is 2.31 bits per heavy atom. The van der Waals surface area contributed by atoms with Crippen LogP contribution in [0.3, 0.4) is 0 Å². The maximum atomic E-state index is 13.0. The van der Waals surface area contributed by atoms with E-state index in [0.29, 0.717) is 18.3 Å². The molecule has 0 atom stereocenters. The second-order valence-corrected chi connectivity index (χ2v) is 9.27. The average Bonchev–Trinajstić information content (AvgIpc) is 3.55. The molecule has 182 valence electrons. The van der Waals surface area contributed by atoms with E-state index in [1.54, 1.807) is 12.1 Å². The van der Waals surface area contributed by atoms with Crippen LogP contribution in [0, 0.1) is 10.1 Å². The summed E-state index contributed by atoms with van der Waals surface area (Å²) in [5, 5.41) is 18.8. The number of para-hydroxylation sites is 1. The van der Waals surface area contributed by atoms with Gasteiger partial charge >= 0.3 is 0 Å². The van der Waals surface area contributed by atoms with Gasteiger partial charge in [-0.3, -0.25) is 19.8 Å². The highest BCUT2D eigenvalue weighted by Gasteiger charge is 2.24. The Kier molecular flexibility index (Phi) is 6.76. The lowest BCUT2D eigenvalue weighted by atomic mass is 10.0. The number of hydrogen-bond donors (Lipinski definition) is 1. The van der Waals surface area contributed by atoms with Crippen LogP contribution in [-0.2, 0) is 4.79 Å². The molecule has 1 saturated carbocycles. The van der Waals surface area contributed by atoms with Gasteiger partial charge in [0.25, 0.3) is 5.69 Å². The largest absolute Gasteiger partial charge is 0.369 e. The Balaban J connectivity index is 1.21. The van der Waals surface area contributed by atoms with Gasteiger partial charge in [0, 0.05) is 56.0 Å². The van der Waals surface area contributed by atoms with Crippen molar-refractivity contribution < 1.29 is 9.72 Å². The van der Waals surface area contributed by atoms with E-state index in [9.17, 15) is 14.9 Å². The number of aromatic nitrogens is 2. The number of nitrogens with zero attached hydrogens (tertiary/aromatic N) is 5. The number of anilines is 2. The van der Waals surface area contributed by atoms with E-state index in [2.05, 4.69) is 15.1 Å². The molecule has 0 unspecified atom stereocenters. The third-order valence-corrected chi connectivity index (χ3v) is 6.94. The van der Waals surface area contributed by atoms with Crippen LogP contribution in [-0.4, -0.2) is 58.2 Å². The molecule has 2 heterocycles. The van der Waals surface area contributed by atoms with E-state index < -0.39 is 0 Å². The Morgan fingerprint density at radius 2 is 1.66 bits per heavy atom. The van der Waals surface area contributed by atoms with Crippen LogP contribution in [0.4, 0.5) is 17.2 Å². The van der Waals surface area contributed by atoms with Crippen molar-refractivity contribution in [2.45, 2.75) is 31.6 Å². The van der Waals surface area contributed by atoms with Gasteiger partial charge in [-0.2, -0.15) is 5.10 Å². The Morgan fingerprint density at radius 1 is 0.971 bits per heavy atom. The van der Waals surface area contributed by atoms with Crippen molar-refractivity contribution in [3.8, 4) is 5.69 Å². The van der Waals surface area contributed by atoms with Crippen molar-refractivity contribution in [3.05, 3.63) is 76.5 Å². The van der Waals surface area contributed by atoms with Crippen LogP contribution in [0.15, 0.2) is 60.7 Å². The molecule has 0 bridgehead atoms. The van der Waals surface area contributed by atoms with Crippen molar-refractivity contribution >= 4 is 23.1 Å². The summed E-state index contributed by atoms with van der Waals surface area (Å²) in [6.45, 7) is 3.33. The summed E-state index contributed by atoms with van der Waals surface area (Å²) < 4.78 is 1.85. The van der Waals surface area contributed by atoms with Gasteiger partial charge in [-0.25, -0.2) is 4.68 Å². The lowest BCUT2D eigenvalue weighted by Crippen LogP contribution is -2.48. The predicted octanol–water partition coefficient (Wildman–Crippen LogP) is 4.20. The first-order valence-corrected chi connectivity index (χ1v) is 12.2. The molecule has 9 nitrogen and oxygen atoms in total. The molecule has 2 fully saturated rings. The van der Waals surface area contributed by atoms with Crippen molar-refractivity contribution in [3.63, 3.8) is 0 Å². The third kappa shape index (κ3) is 5.35. The number of carbonyl (C=O) groups is 1. The van der Waals surface area contributed by atoms with Gasteiger partial charge in [0.05, 0.1) is 22.8 Å². The molecule has 1 amide bonds. The number of rotatable bonds is 7. The zero-order chi connectivity index (χ0) is 24.2. The van der Waals surface area contributed by atoms with Crippen LogP contribution in [0.2, 0.25) is 0 Å². The molecule has 1 aromatic heterocycles. The molecule has 35 heavy (non-hydrogen) atoms. The van der Waals surface area contributed by atoms with Crippen molar-refractivity contribution in [1.82, 2.24) is 14.7 Å². The highest BCUT2D eigenvalue weighted by Crippen LogP contribution is 2.35. The highest BCUT2D eigenvalue weighted by molar-refractivity contribution is 5.91. The Labute approximate surface area is 204 Å². The fourth-order valence-electron chi connectivity index (χ4n) is 5.01. The Bertz CT molecular complexity index is 1160. The first kappa shape index (κ1) is 23.0. The van der Waals surface area contributed by atoms with Gasteiger partial charge in [0.1, 0.15) is 5.82 Å². The monoisotopic (exact) mass is 474 g/mol. The average molecular weight is 475 g/mol. The van der Waals surface area contributed by atoms with Crippen LogP contribution >= 0.6 is 0 Å². The molecule has 9 heteroatoms. The number of benzene rings is 2. The van der Waals surface area contributed by atoms with Crippen molar-refractivity contribution in [1.29, 1.82) is 0 Å². The number of amides is 1. The molecule has 1 aliphatic heterocycles. The van der Waals surface area contributed by atoms with Crippen LogP contribution in [0.1, 0.15) is 37.3 Å². The molecule has 1 aliphatic carbocycles. The summed E-state index contributed by atoms with van der Waals surface area (Å²) in [6.07, 6.45) is 4.77. The molecule has 2 aromatic carbocycles. The number of hydrogen-bond acceptors (Lipinski definition) is 6. The number of nitro groups is 1. The molecule has 0 radical (unpaired) electrons. The zero-order valence-corrected chi connectivity index (χ0v) is 19.7. The smallest absolute Gasteiger partial charge is 0.269 e. The maximum Gasteiger partial charge on any atom is 0.269 e. The summed E-state index contributed by atoms with van der Waals surface area (Å²) in [5.41, 5.74) is 3.04. The topological polar surface area (TPSA) is 96.5 Å². The SMILES string of the molecule is O=C(CN1CCN(c2ccc([N+](=O)[O-])cc2)CC1)Nc1cc(C2CCCC2)nn1-c1ccccc1. The van der Waals surface area contributed by atoms with Gasteiger partial charge in [0.15, 0.2) is 0 Å². The maximum absolute atomic E-state index is 13.0. The standard InChI is InChI=1S/C26H30N6O3/c33-26(19-29-14-16-30(17-15-29)21-10-12-23(13-11-21)32(34)35)27-25-18-24(20-6-4-5-7-20)28-31(25)22-8-2-1-3-9-22/h1-3,8-13,18,20H,4-7,14-17,19H2,(H,27,33). The second-order valence-electron chi connectivity index (χ2n) is 9.27. The minimum atomic E-state index is -0.388. The van der Waals surface area contributed by atoms with E-state index in [0.717, 1.165) is 56.1 Å². The number of carbonyl (C=O) groups excluding carboxylic acids is 1. The number of nitrogens with one attached hydrogen (secondary N) is 1. The summed E-state index contributed by atoms with van der Waals surface area (Å²) in [4.78, 5) is 27.8. The van der Waals surface area contributed by atoms with Gasteiger partial charge in [-0.1, -0.05) is 31.0 Å². The van der Waals surface area contributed by atoms with E-state index in [1.807, 2.05) is 41.1 Å². The molecule has 2 aliphatic rings. The first-order chi connectivity index (χ1) is 17.1. The molecule has 5 rings (SSSR count). The molecular formula is C26H30N6O3. The summed E-state index contributed by atoms with van der Waals surface area (Å²) in [7, 11) is 0. The number of nitro benzene ring substituents is 1. The van der Waals surface area contributed by atoms with Crippen molar-refractivity contribution in [2.75, 3.05) is 42.9 Å².